The second-order valence-corrected chi connectivity index (χ2v) is 5.88. The summed E-state index contributed by atoms with van der Waals surface area (Å²) in [6, 6.07) is 3.06. The van der Waals surface area contributed by atoms with Crippen LogP contribution in [-0.2, 0) is 17.8 Å². The highest BCUT2D eigenvalue weighted by Crippen LogP contribution is 2.30. The van der Waals surface area contributed by atoms with Gasteiger partial charge in [0, 0.05) is 30.5 Å². The van der Waals surface area contributed by atoms with E-state index < -0.39 is 0 Å². The van der Waals surface area contributed by atoms with Crippen LogP contribution in [0.15, 0.2) is 24.7 Å². The van der Waals surface area contributed by atoms with Crippen LogP contribution in [0.3, 0.4) is 0 Å². The van der Waals surface area contributed by atoms with E-state index in [9.17, 15) is 9.18 Å². The number of nitrogens with one attached hydrogen (secondary N) is 2. The number of benzene rings is 1. The lowest BCUT2D eigenvalue weighted by molar-refractivity contribution is -0.115. The first-order valence-corrected chi connectivity index (χ1v) is 8.33. The Labute approximate surface area is 148 Å². The molecule has 8 nitrogen and oxygen atoms in total. The topological polar surface area (TPSA) is 93.4 Å². The first kappa shape index (κ1) is 16.2. The quantitative estimate of drug-likeness (QED) is 0.728. The molecule has 0 aliphatic carbocycles. The van der Waals surface area contributed by atoms with Gasteiger partial charge in [-0.1, -0.05) is 6.92 Å². The molecule has 2 aromatic heterocycles. The average molecular weight is 356 g/mol. The maximum atomic E-state index is 14.3. The zero-order valence-electron chi connectivity index (χ0n) is 14.1. The molecule has 0 fully saturated rings. The van der Waals surface area contributed by atoms with E-state index in [2.05, 4.69) is 25.8 Å². The predicted octanol–water partition coefficient (Wildman–Crippen LogP) is 2.16. The Morgan fingerprint density at radius 2 is 2.31 bits per heavy atom. The van der Waals surface area contributed by atoms with Gasteiger partial charge in [-0.3, -0.25) is 4.79 Å². The highest BCUT2D eigenvalue weighted by Gasteiger charge is 2.20. The fraction of sp³-hybridized carbons (Fsp3) is 0.294. The molecule has 0 saturated heterocycles. The zero-order valence-corrected chi connectivity index (χ0v) is 14.1. The summed E-state index contributed by atoms with van der Waals surface area (Å²) in [6.45, 7) is 2.57. The van der Waals surface area contributed by atoms with Gasteiger partial charge in [0.05, 0.1) is 12.8 Å². The van der Waals surface area contributed by atoms with Crippen molar-refractivity contribution in [3.8, 4) is 5.75 Å². The van der Waals surface area contributed by atoms with Crippen molar-refractivity contribution in [1.82, 2.24) is 19.6 Å². The van der Waals surface area contributed by atoms with Crippen LogP contribution in [-0.4, -0.2) is 32.1 Å². The fourth-order valence-electron chi connectivity index (χ4n) is 2.95. The van der Waals surface area contributed by atoms with E-state index in [0.717, 1.165) is 11.3 Å². The van der Waals surface area contributed by atoms with Gasteiger partial charge >= 0.3 is 0 Å². The van der Waals surface area contributed by atoms with E-state index >= 15 is 0 Å². The lowest BCUT2D eigenvalue weighted by Crippen LogP contribution is -2.13. The van der Waals surface area contributed by atoms with Gasteiger partial charge in [-0.05, 0) is 12.1 Å². The number of rotatable bonds is 5. The molecule has 1 aliphatic heterocycles. The minimum absolute atomic E-state index is 0.140. The number of anilines is 2. The Bertz CT molecular complexity index is 987. The number of hydrogen-bond acceptors (Lipinski definition) is 6. The van der Waals surface area contributed by atoms with Crippen LogP contribution in [0.25, 0.3) is 5.65 Å². The second-order valence-electron chi connectivity index (χ2n) is 5.88. The molecule has 26 heavy (non-hydrogen) atoms. The number of nitrogens with zero attached hydrogens (tertiary/aromatic N) is 4. The molecule has 4 rings (SSSR count). The highest BCUT2D eigenvalue weighted by molar-refractivity contribution is 5.93. The lowest BCUT2D eigenvalue weighted by Gasteiger charge is -2.12. The number of fused-ring (bicyclic) bond motifs is 2. The summed E-state index contributed by atoms with van der Waals surface area (Å²) in [6.07, 6.45) is 4.03. The molecular formula is C17H17FN6O2. The number of halogens is 1. The molecule has 0 unspecified atom stereocenters. The predicted molar refractivity (Wildman–Crippen MR) is 92.6 cm³/mol. The Balaban J connectivity index is 1.61. The van der Waals surface area contributed by atoms with Gasteiger partial charge in [0.2, 0.25) is 11.9 Å². The van der Waals surface area contributed by atoms with E-state index in [1.165, 1.54) is 18.6 Å². The molecule has 0 spiro atoms. The first-order chi connectivity index (χ1) is 12.7. The standard InChI is InChI=1S/C17H17FN6O2/c1-2-15(25)22-13-8-20-17(24-9-21-23-16(13)24)19-7-11-10-5-6-26-14(10)4-3-12(11)18/h3-4,8-9H,2,5-7H2,1H3,(H,19,20)(H,22,25). The molecule has 3 heterocycles. The van der Waals surface area contributed by atoms with Crippen LogP contribution in [0, 0.1) is 5.82 Å². The SMILES string of the molecule is CCC(=O)Nc1cnc(NCc2c(F)ccc3c2CCO3)n2cnnc12. The van der Waals surface area contributed by atoms with Crippen molar-refractivity contribution in [3.63, 3.8) is 0 Å². The zero-order chi connectivity index (χ0) is 18.1. The van der Waals surface area contributed by atoms with Crippen molar-refractivity contribution < 1.29 is 13.9 Å². The average Bonchev–Trinajstić information content (AvgIpc) is 3.31. The number of amides is 1. The Morgan fingerprint density at radius 1 is 1.42 bits per heavy atom. The highest BCUT2D eigenvalue weighted by atomic mass is 19.1. The second kappa shape index (κ2) is 6.58. The number of carbonyl (C=O) groups is 1. The van der Waals surface area contributed by atoms with Crippen LogP contribution in [0.5, 0.6) is 5.75 Å². The van der Waals surface area contributed by atoms with Crippen molar-refractivity contribution in [2.75, 3.05) is 17.2 Å². The van der Waals surface area contributed by atoms with E-state index in [-0.39, 0.29) is 18.3 Å². The van der Waals surface area contributed by atoms with Crippen molar-refractivity contribution in [3.05, 3.63) is 41.6 Å². The molecule has 0 bridgehead atoms. The van der Waals surface area contributed by atoms with Crippen molar-refractivity contribution >= 4 is 23.2 Å². The largest absolute Gasteiger partial charge is 0.493 e. The first-order valence-electron chi connectivity index (χ1n) is 8.33. The number of ether oxygens (including phenoxy) is 1. The molecule has 0 radical (unpaired) electrons. The van der Waals surface area contributed by atoms with E-state index in [0.29, 0.717) is 42.3 Å². The molecule has 3 aromatic rings. The van der Waals surface area contributed by atoms with Gasteiger partial charge in [0.25, 0.3) is 0 Å². The lowest BCUT2D eigenvalue weighted by atomic mass is 10.0. The maximum Gasteiger partial charge on any atom is 0.224 e. The van der Waals surface area contributed by atoms with Crippen LogP contribution >= 0.6 is 0 Å². The number of aromatic nitrogens is 4. The van der Waals surface area contributed by atoms with Gasteiger partial charge in [-0.2, -0.15) is 0 Å². The molecule has 1 amide bonds. The van der Waals surface area contributed by atoms with Gasteiger partial charge in [0.15, 0.2) is 5.65 Å². The number of carbonyl (C=O) groups excluding carboxylic acids is 1. The van der Waals surface area contributed by atoms with Gasteiger partial charge in [-0.25, -0.2) is 13.8 Å². The maximum absolute atomic E-state index is 14.3. The normalized spacial score (nSPS) is 12.7. The summed E-state index contributed by atoms with van der Waals surface area (Å²) < 4.78 is 21.4. The van der Waals surface area contributed by atoms with Crippen LogP contribution in [0.4, 0.5) is 16.0 Å². The third kappa shape index (κ3) is 2.81. The van der Waals surface area contributed by atoms with Crippen molar-refractivity contribution in [2.45, 2.75) is 26.3 Å². The third-order valence-corrected chi connectivity index (χ3v) is 4.29. The summed E-state index contributed by atoms with van der Waals surface area (Å²) >= 11 is 0. The summed E-state index contributed by atoms with van der Waals surface area (Å²) in [5.74, 6) is 0.756. The van der Waals surface area contributed by atoms with E-state index in [1.54, 1.807) is 17.4 Å². The summed E-state index contributed by atoms with van der Waals surface area (Å²) in [5, 5.41) is 13.7. The molecule has 0 saturated carbocycles. The molecule has 1 aromatic carbocycles. The van der Waals surface area contributed by atoms with Crippen molar-refractivity contribution in [2.24, 2.45) is 0 Å². The van der Waals surface area contributed by atoms with E-state index in [4.69, 9.17) is 4.74 Å². The van der Waals surface area contributed by atoms with Crippen molar-refractivity contribution in [1.29, 1.82) is 0 Å². The Morgan fingerprint density at radius 3 is 3.15 bits per heavy atom. The molecule has 134 valence electrons. The fourth-order valence-corrected chi connectivity index (χ4v) is 2.95. The monoisotopic (exact) mass is 356 g/mol. The Kier molecular flexibility index (Phi) is 4.11. The van der Waals surface area contributed by atoms with Crippen LogP contribution < -0.4 is 15.4 Å². The molecule has 9 heteroatoms. The van der Waals surface area contributed by atoms with Gasteiger partial charge < -0.3 is 15.4 Å². The summed E-state index contributed by atoms with van der Waals surface area (Å²) in [5.41, 5.74) is 2.38. The van der Waals surface area contributed by atoms with Gasteiger partial charge in [0.1, 0.15) is 23.6 Å². The molecule has 2 N–H and O–H groups in total. The van der Waals surface area contributed by atoms with E-state index in [1.807, 2.05) is 0 Å². The van der Waals surface area contributed by atoms with Crippen LogP contribution in [0.1, 0.15) is 24.5 Å². The minimum Gasteiger partial charge on any atom is -0.493 e. The summed E-state index contributed by atoms with van der Waals surface area (Å²) in [4.78, 5) is 15.9. The Hall–Kier alpha value is -3.23. The minimum atomic E-state index is -0.284. The molecular weight excluding hydrogens is 339 g/mol. The molecule has 1 aliphatic rings. The third-order valence-electron chi connectivity index (χ3n) is 4.29. The molecule has 0 atom stereocenters. The van der Waals surface area contributed by atoms with Crippen LogP contribution in [0.2, 0.25) is 0 Å². The number of hydrogen-bond donors (Lipinski definition) is 2. The summed E-state index contributed by atoms with van der Waals surface area (Å²) in [7, 11) is 0. The van der Waals surface area contributed by atoms with Gasteiger partial charge in [-0.15, -0.1) is 10.2 Å². The smallest absolute Gasteiger partial charge is 0.224 e.